The van der Waals surface area contributed by atoms with Crippen LogP contribution in [-0.2, 0) is 16.0 Å². The zero-order chi connectivity index (χ0) is 21.3. The van der Waals surface area contributed by atoms with E-state index in [1.807, 2.05) is 88.4 Å². The third kappa shape index (κ3) is 8.32. The summed E-state index contributed by atoms with van der Waals surface area (Å²) in [6, 6.07) is 19.6. The number of nitrogens with one attached hydrogen (secondary N) is 1. The molecule has 1 atom stereocenters. The van der Waals surface area contributed by atoms with Crippen LogP contribution < -0.4 is 5.32 Å². The summed E-state index contributed by atoms with van der Waals surface area (Å²) < 4.78 is 0. The molecule has 1 unspecified atom stereocenters. The quantitative estimate of drug-likeness (QED) is 0.615. The second kappa shape index (κ2) is 11.1. The number of carbonyl (C=O) groups excluding carboxylic acids is 2. The Kier molecular flexibility index (Phi) is 8.77. The van der Waals surface area contributed by atoms with Crippen LogP contribution in [0.15, 0.2) is 65.6 Å². The van der Waals surface area contributed by atoms with Crippen LogP contribution in [0.25, 0.3) is 0 Å². The number of amides is 2. The first-order valence-electron chi connectivity index (χ1n) is 10.1. The van der Waals surface area contributed by atoms with Gasteiger partial charge < -0.3 is 10.2 Å². The highest BCUT2D eigenvalue weighted by molar-refractivity contribution is 7.99. The van der Waals surface area contributed by atoms with Crippen molar-refractivity contribution in [2.75, 3.05) is 12.3 Å². The fraction of sp³-hybridized carbons (Fsp3) is 0.417. The minimum atomic E-state index is -0.507. The van der Waals surface area contributed by atoms with Crippen LogP contribution in [-0.4, -0.2) is 40.6 Å². The summed E-state index contributed by atoms with van der Waals surface area (Å²) >= 11 is 1.66. The Morgan fingerprint density at radius 1 is 1.00 bits per heavy atom. The number of carbonyl (C=O) groups is 2. The van der Waals surface area contributed by atoms with E-state index < -0.39 is 6.04 Å². The van der Waals surface area contributed by atoms with E-state index in [1.54, 1.807) is 16.7 Å². The van der Waals surface area contributed by atoms with Gasteiger partial charge in [0.2, 0.25) is 11.8 Å². The van der Waals surface area contributed by atoms with Gasteiger partial charge >= 0.3 is 0 Å². The number of nitrogens with zero attached hydrogens (tertiary/aromatic N) is 1. The second-order valence-electron chi connectivity index (χ2n) is 8.15. The van der Waals surface area contributed by atoms with Gasteiger partial charge in [-0.15, -0.1) is 11.8 Å². The summed E-state index contributed by atoms with van der Waals surface area (Å²) in [6.45, 7) is 8.19. The molecule has 4 nitrogen and oxygen atoms in total. The van der Waals surface area contributed by atoms with Crippen molar-refractivity contribution >= 4 is 23.6 Å². The molecule has 0 bridgehead atoms. The number of thioether (sulfide) groups is 1. The first kappa shape index (κ1) is 23.0. The van der Waals surface area contributed by atoms with Crippen molar-refractivity contribution in [2.24, 2.45) is 0 Å². The molecule has 0 aliphatic rings. The fourth-order valence-corrected chi connectivity index (χ4v) is 3.82. The van der Waals surface area contributed by atoms with Crippen LogP contribution >= 0.6 is 11.8 Å². The predicted molar refractivity (Wildman–Crippen MR) is 121 cm³/mol. The highest BCUT2D eigenvalue weighted by Crippen LogP contribution is 2.19. The summed E-state index contributed by atoms with van der Waals surface area (Å²) in [4.78, 5) is 28.6. The van der Waals surface area contributed by atoms with Gasteiger partial charge in [0, 0.05) is 29.2 Å². The van der Waals surface area contributed by atoms with Crippen molar-refractivity contribution in [2.45, 2.75) is 57.0 Å². The van der Waals surface area contributed by atoms with Crippen molar-refractivity contribution in [3.63, 3.8) is 0 Å². The largest absolute Gasteiger partial charge is 0.350 e. The molecular formula is C24H32N2O2S. The Labute approximate surface area is 179 Å². The first-order chi connectivity index (χ1) is 13.8. The normalized spacial score (nSPS) is 12.3. The molecule has 0 aliphatic carbocycles. The van der Waals surface area contributed by atoms with E-state index in [1.165, 1.54) is 0 Å². The molecule has 156 valence electrons. The average Bonchev–Trinajstić information content (AvgIpc) is 2.68. The molecule has 2 aromatic carbocycles. The summed E-state index contributed by atoms with van der Waals surface area (Å²) in [5, 5.41) is 3.00. The zero-order valence-electron chi connectivity index (χ0n) is 17.9. The first-order valence-corrected chi connectivity index (χ1v) is 11.1. The molecule has 0 heterocycles. The van der Waals surface area contributed by atoms with Crippen molar-refractivity contribution in [3.8, 4) is 0 Å². The molecule has 0 spiro atoms. The van der Waals surface area contributed by atoms with Gasteiger partial charge in [-0.3, -0.25) is 9.59 Å². The third-order valence-corrected chi connectivity index (χ3v) is 5.49. The molecule has 29 heavy (non-hydrogen) atoms. The van der Waals surface area contributed by atoms with E-state index in [-0.39, 0.29) is 17.4 Å². The number of hydrogen-bond donors (Lipinski definition) is 1. The average molecular weight is 413 g/mol. The van der Waals surface area contributed by atoms with Crippen molar-refractivity contribution in [1.29, 1.82) is 0 Å². The van der Waals surface area contributed by atoms with E-state index in [4.69, 9.17) is 0 Å². The molecule has 0 aliphatic heterocycles. The molecular weight excluding hydrogens is 380 g/mol. The van der Waals surface area contributed by atoms with Gasteiger partial charge in [-0.1, -0.05) is 48.5 Å². The Morgan fingerprint density at radius 3 is 2.17 bits per heavy atom. The Morgan fingerprint density at radius 2 is 1.59 bits per heavy atom. The number of hydrogen-bond acceptors (Lipinski definition) is 3. The lowest BCUT2D eigenvalue weighted by molar-refractivity contribution is -0.140. The lowest BCUT2D eigenvalue weighted by atomic mass is 10.1. The summed E-state index contributed by atoms with van der Waals surface area (Å²) in [7, 11) is 0. The SMILES string of the molecule is CC(C(=O)NC(C)(C)C)N(CCc1ccccc1)C(=O)CCSc1ccccc1. The lowest BCUT2D eigenvalue weighted by Crippen LogP contribution is -2.53. The maximum atomic E-state index is 13.0. The standard InChI is InChI=1S/C24H32N2O2S/c1-19(23(28)25-24(2,3)4)26(17-15-20-11-7-5-8-12-20)22(27)16-18-29-21-13-9-6-10-14-21/h5-14,19H,15-18H2,1-4H3,(H,25,28). The Balaban J connectivity index is 2.01. The van der Waals surface area contributed by atoms with Gasteiger partial charge in [0.1, 0.15) is 6.04 Å². The smallest absolute Gasteiger partial charge is 0.242 e. The Bertz CT molecular complexity index is 772. The van der Waals surface area contributed by atoms with Crippen LogP contribution in [0.3, 0.4) is 0 Å². The van der Waals surface area contributed by atoms with Gasteiger partial charge in [0.25, 0.3) is 0 Å². The molecule has 0 saturated carbocycles. The zero-order valence-corrected chi connectivity index (χ0v) is 18.7. The lowest BCUT2D eigenvalue weighted by Gasteiger charge is -2.31. The number of rotatable bonds is 9. The third-order valence-electron chi connectivity index (χ3n) is 4.48. The highest BCUT2D eigenvalue weighted by atomic mass is 32.2. The second-order valence-corrected chi connectivity index (χ2v) is 9.32. The van der Waals surface area contributed by atoms with E-state index in [9.17, 15) is 9.59 Å². The van der Waals surface area contributed by atoms with Crippen LogP contribution in [0.4, 0.5) is 0 Å². The van der Waals surface area contributed by atoms with Gasteiger partial charge in [-0.05, 0) is 51.8 Å². The monoisotopic (exact) mass is 412 g/mol. The fourth-order valence-electron chi connectivity index (χ4n) is 2.96. The molecule has 2 aromatic rings. The Hall–Kier alpha value is -2.27. The molecule has 0 fully saturated rings. The summed E-state index contributed by atoms with van der Waals surface area (Å²) in [6.07, 6.45) is 1.13. The molecule has 0 radical (unpaired) electrons. The minimum absolute atomic E-state index is 0.0147. The molecule has 2 rings (SSSR count). The minimum Gasteiger partial charge on any atom is -0.350 e. The maximum Gasteiger partial charge on any atom is 0.242 e. The van der Waals surface area contributed by atoms with Crippen LogP contribution in [0, 0.1) is 0 Å². The van der Waals surface area contributed by atoms with E-state index >= 15 is 0 Å². The predicted octanol–water partition coefficient (Wildman–Crippen LogP) is 4.54. The van der Waals surface area contributed by atoms with Crippen molar-refractivity contribution < 1.29 is 9.59 Å². The highest BCUT2D eigenvalue weighted by Gasteiger charge is 2.27. The molecule has 2 amide bonds. The maximum absolute atomic E-state index is 13.0. The molecule has 1 N–H and O–H groups in total. The van der Waals surface area contributed by atoms with Crippen LogP contribution in [0.5, 0.6) is 0 Å². The van der Waals surface area contributed by atoms with Gasteiger partial charge in [-0.2, -0.15) is 0 Å². The van der Waals surface area contributed by atoms with Crippen molar-refractivity contribution in [1.82, 2.24) is 10.2 Å². The van der Waals surface area contributed by atoms with Gasteiger partial charge in [-0.25, -0.2) is 0 Å². The number of benzene rings is 2. The van der Waals surface area contributed by atoms with E-state index in [0.29, 0.717) is 18.7 Å². The summed E-state index contributed by atoms with van der Waals surface area (Å²) in [5.41, 5.74) is 0.829. The van der Waals surface area contributed by atoms with E-state index in [2.05, 4.69) is 5.32 Å². The molecule has 0 aromatic heterocycles. The molecule has 5 heteroatoms. The topological polar surface area (TPSA) is 49.4 Å². The van der Waals surface area contributed by atoms with Gasteiger partial charge in [0.15, 0.2) is 0 Å². The van der Waals surface area contributed by atoms with Crippen LogP contribution in [0.2, 0.25) is 0 Å². The van der Waals surface area contributed by atoms with Gasteiger partial charge in [0.05, 0.1) is 0 Å². The summed E-state index contributed by atoms with van der Waals surface area (Å²) in [5.74, 6) is 0.591. The van der Waals surface area contributed by atoms with Crippen molar-refractivity contribution in [3.05, 3.63) is 66.2 Å². The van der Waals surface area contributed by atoms with E-state index in [0.717, 1.165) is 16.9 Å². The van der Waals surface area contributed by atoms with Crippen LogP contribution in [0.1, 0.15) is 39.7 Å². The molecule has 0 saturated heterocycles.